The van der Waals surface area contributed by atoms with Crippen molar-refractivity contribution in [3.05, 3.63) is 52.3 Å². The molecule has 0 bridgehead atoms. The Labute approximate surface area is 87.3 Å². The molecule has 3 N–H and O–H groups in total. The standard InChI is InChI=1S/C11H13N3O/c1-8(9-5-3-2-4-6-9)14-11(15)7-10(12)13-14/h2-8,13H,12H2,1H3. The summed E-state index contributed by atoms with van der Waals surface area (Å²) in [4.78, 5) is 11.5. The molecule has 0 radical (unpaired) electrons. The average Bonchev–Trinajstić information content (AvgIpc) is 2.58. The maximum absolute atomic E-state index is 11.5. The van der Waals surface area contributed by atoms with Crippen molar-refractivity contribution in [2.45, 2.75) is 13.0 Å². The number of nitrogens with zero attached hydrogens (tertiary/aromatic N) is 1. The molecule has 1 aromatic heterocycles. The van der Waals surface area contributed by atoms with Crippen LogP contribution in [0.5, 0.6) is 0 Å². The number of nitrogens with one attached hydrogen (secondary N) is 1. The molecule has 2 aromatic rings. The smallest absolute Gasteiger partial charge is 0.269 e. The fourth-order valence-corrected chi connectivity index (χ4v) is 1.60. The lowest BCUT2D eigenvalue weighted by atomic mass is 10.1. The van der Waals surface area contributed by atoms with Gasteiger partial charge in [0.2, 0.25) is 0 Å². The number of anilines is 1. The minimum Gasteiger partial charge on any atom is -0.384 e. The number of hydrogen-bond acceptors (Lipinski definition) is 2. The molecule has 1 aromatic carbocycles. The van der Waals surface area contributed by atoms with Crippen molar-refractivity contribution in [1.29, 1.82) is 0 Å². The van der Waals surface area contributed by atoms with Gasteiger partial charge in [-0.2, -0.15) is 0 Å². The maximum atomic E-state index is 11.5. The first-order valence-corrected chi connectivity index (χ1v) is 4.80. The summed E-state index contributed by atoms with van der Waals surface area (Å²) in [5.74, 6) is 0.391. The summed E-state index contributed by atoms with van der Waals surface area (Å²) < 4.78 is 1.52. The van der Waals surface area contributed by atoms with Crippen LogP contribution in [-0.2, 0) is 0 Å². The van der Waals surface area contributed by atoms with E-state index in [1.54, 1.807) is 0 Å². The summed E-state index contributed by atoms with van der Waals surface area (Å²) >= 11 is 0. The fourth-order valence-electron chi connectivity index (χ4n) is 1.60. The van der Waals surface area contributed by atoms with Crippen molar-refractivity contribution in [2.75, 3.05) is 5.73 Å². The van der Waals surface area contributed by atoms with Crippen LogP contribution in [0, 0.1) is 0 Å². The molecule has 1 atom stereocenters. The van der Waals surface area contributed by atoms with Crippen LogP contribution in [0.4, 0.5) is 5.82 Å². The normalized spacial score (nSPS) is 12.6. The molecule has 4 heteroatoms. The minimum atomic E-state index is -0.108. The number of rotatable bonds is 2. The molecule has 0 fully saturated rings. The summed E-state index contributed by atoms with van der Waals surface area (Å²) in [5, 5.41) is 2.82. The van der Waals surface area contributed by atoms with Crippen molar-refractivity contribution in [3.8, 4) is 0 Å². The van der Waals surface area contributed by atoms with Crippen LogP contribution in [0.3, 0.4) is 0 Å². The molecule has 1 unspecified atom stereocenters. The molecule has 0 aliphatic carbocycles. The van der Waals surface area contributed by atoms with Gasteiger partial charge in [0.1, 0.15) is 5.82 Å². The second kappa shape index (κ2) is 3.65. The molecular weight excluding hydrogens is 190 g/mol. The highest BCUT2D eigenvalue weighted by molar-refractivity contribution is 5.26. The van der Waals surface area contributed by atoms with Gasteiger partial charge in [-0.3, -0.25) is 9.89 Å². The second-order valence-corrected chi connectivity index (χ2v) is 3.51. The minimum absolute atomic E-state index is 0.0315. The summed E-state index contributed by atoms with van der Waals surface area (Å²) in [5.41, 5.74) is 6.48. The van der Waals surface area contributed by atoms with E-state index >= 15 is 0 Å². The van der Waals surface area contributed by atoms with Crippen LogP contribution in [0.15, 0.2) is 41.2 Å². The Hall–Kier alpha value is -1.97. The molecular formula is C11H13N3O. The lowest BCUT2D eigenvalue weighted by Gasteiger charge is -2.12. The lowest BCUT2D eigenvalue weighted by molar-refractivity contribution is 0.550. The number of nitrogen functional groups attached to an aromatic ring is 1. The Morgan fingerprint density at radius 3 is 2.53 bits per heavy atom. The Kier molecular flexibility index (Phi) is 2.33. The summed E-state index contributed by atoms with van der Waals surface area (Å²) in [7, 11) is 0. The average molecular weight is 203 g/mol. The molecule has 0 saturated heterocycles. The van der Waals surface area contributed by atoms with Crippen molar-refractivity contribution >= 4 is 5.82 Å². The molecule has 4 nitrogen and oxygen atoms in total. The van der Waals surface area contributed by atoms with Crippen molar-refractivity contribution < 1.29 is 0 Å². The molecule has 0 amide bonds. The number of aromatic amines is 1. The Balaban J connectivity index is 2.41. The molecule has 15 heavy (non-hydrogen) atoms. The van der Waals surface area contributed by atoms with E-state index in [4.69, 9.17) is 5.73 Å². The number of nitrogens with two attached hydrogens (primary N) is 1. The van der Waals surface area contributed by atoms with Crippen LogP contribution in [0.1, 0.15) is 18.5 Å². The zero-order chi connectivity index (χ0) is 10.8. The predicted octanol–water partition coefficient (Wildman–Crippen LogP) is 1.37. The number of hydrogen-bond donors (Lipinski definition) is 2. The molecule has 1 heterocycles. The largest absolute Gasteiger partial charge is 0.384 e. The van der Waals surface area contributed by atoms with Crippen LogP contribution in [0.25, 0.3) is 0 Å². The van der Waals surface area contributed by atoms with Gasteiger partial charge in [0.25, 0.3) is 5.56 Å². The quantitative estimate of drug-likeness (QED) is 0.774. The maximum Gasteiger partial charge on any atom is 0.269 e. The van der Waals surface area contributed by atoms with Gasteiger partial charge in [0.05, 0.1) is 6.04 Å². The molecule has 0 spiro atoms. The summed E-state index contributed by atoms with van der Waals surface area (Å²) in [6, 6.07) is 11.2. The van der Waals surface area contributed by atoms with Crippen molar-refractivity contribution in [1.82, 2.24) is 9.78 Å². The first kappa shape index (κ1) is 9.58. The Bertz CT molecular complexity index is 498. The number of aromatic nitrogens is 2. The van der Waals surface area contributed by atoms with Crippen molar-refractivity contribution in [3.63, 3.8) is 0 Å². The second-order valence-electron chi connectivity index (χ2n) is 3.51. The van der Waals surface area contributed by atoms with E-state index in [-0.39, 0.29) is 11.6 Å². The number of benzene rings is 1. The van der Waals surface area contributed by atoms with Crippen LogP contribution < -0.4 is 11.3 Å². The highest BCUT2D eigenvalue weighted by atomic mass is 16.1. The SMILES string of the molecule is CC(c1ccccc1)n1[nH]c(N)cc1=O. The first-order valence-electron chi connectivity index (χ1n) is 4.80. The molecule has 78 valence electrons. The van der Waals surface area contributed by atoms with E-state index in [0.29, 0.717) is 5.82 Å². The van der Waals surface area contributed by atoms with Gasteiger partial charge in [0.15, 0.2) is 0 Å². The molecule has 2 rings (SSSR count). The predicted molar refractivity (Wildman–Crippen MR) is 59.7 cm³/mol. The van der Waals surface area contributed by atoms with Gasteiger partial charge < -0.3 is 5.73 Å². The zero-order valence-electron chi connectivity index (χ0n) is 8.47. The van der Waals surface area contributed by atoms with Crippen LogP contribution in [0.2, 0.25) is 0 Å². The first-order chi connectivity index (χ1) is 7.18. The monoisotopic (exact) mass is 203 g/mol. The molecule has 0 saturated carbocycles. The van der Waals surface area contributed by atoms with E-state index in [1.807, 2.05) is 37.3 Å². The van der Waals surface area contributed by atoms with E-state index in [2.05, 4.69) is 5.10 Å². The van der Waals surface area contributed by atoms with Gasteiger partial charge in [-0.25, -0.2) is 4.68 Å². The molecule has 0 aliphatic heterocycles. The van der Waals surface area contributed by atoms with Gasteiger partial charge >= 0.3 is 0 Å². The number of H-pyrrole nitrogens is 1. The Morgan fingerprint density at radius 1 is 1.33 bits per heavy atom. The fraction of sp³-hybridized carbons (Fsp3) is 0.182. The lowest BCUT2D eigenvalue weighted by Crippen LogP contribution is -2.20. The third-order valence-corrected chi connectivity index (χ3v) is 2.44. The highest BCUT2D eigenvalue weighted by Crippen LogP contribution is 2.14. The van der Waals surface area contributed by atoms with Crippen LogP contribution >= 0.6 is 0 Å². The van der Waals surface area contributed by atoms with Gasteiger partial charge in [-0.15, -0.1) is 0 Å². The van der Waals surface area contributed by atoms with Gasteiger partial charge in [0, 0.05) is 6.07 Å². The topological polar surface area (TPSA) is 63.8 Å². The van der Waals surface area contributed by atoms with Gasteiger partial charge in [-0.05, 0) is 12.5 Å². The van der Waals surface area contributed by atoms with E-state index in [9.17, 15) is 4.79 Å². The summed E-state index contributed by atoms with van der Waals surface area (Å²) in [6.45, 7) is 1.95. The third-order valence-electron chi connectivity index (χ3n) is 2.44. The zero-order valence-corrected chi connectivity index (χ0v) is 8.47. The van der Waals surface area contributed by atoms with E-state index in [1.165, 1.54) is 10.7 Å². The summed E-state index contributed by atoms with van der Waals surface area (Å²) in [6.07, 6.45) is 0. The van der Waals surface area contributed by atoms with Crippen molar-refractivity contribution in [2.24, 2.45) is 0 Å². The Morgan fingerprint density at radius 2 is 2.00 bits per heavy atom. The molecule has 0 aliphatic rings. The van der Waals surface area contributed by atoms with Crippen LogP contribution in [-0.4, -0.2) is 9.78 Å². The third kappa shape index (κ3) is 1.79. The highest BCUT2D eigenvalue weighted by Gasteiger charge is 2.10. The van der Waals surface area contributed by atoms with E-state index < -0.39 is 0 Å². The van der Waals surface area contributed by atoms with Gasteiger partial charge in [-0.1, -0.05) is 30.3 Å². The van der Waals surface area contributed by atoms with E-state index in [0.717, 1.165) is 5.56 Å².